The molecule has 2 aliphatic heterocycles. The van der Waals surface area contributed by atoms with Crippen molar-refractivity contribution in [1.82, 2.24) is 19.4 Å². The number of likely N-dealkylation sites (tertiary alicyclic amines) is 1. The summed E-state index contributed by atoms with van der Waals surface area (Å²) < 4.78 is 13.6. The quantitative estimate of drug-likeness (QED) is 0.529. The number of hydrogen-bond donors (Lipinski definition) is 2. The zero-order valence-electron chi connectivity index (χ0n) is 19.8. The minimum Gasteiger partial charge on any atom is -0.491 e. The van der Waals surface area contributed by atoms with Crippen molar-refractivity contribution < 1.29 is 19.4 Å². The standard InChI is InChI=1S/C25H30N6O4/c1-34-22-20(35-16-18(32)15-30-11-3-2-4-12-30)8-7-19-21(22)28-25(31-13-10-27-23(19)31)29-24(33)17-6-5-9-26-14-17/h5-9,14,18,27,32H,2-4,10-13,15-16H2,1H3/t18-/m1/s1. The molecule has 1 saturated heterocycles. The van der Waals surface area contributed by atoms with Crippen molar-refractivity contribution in [2.45, 2.75) is 31.9 Å². The number of nitrogens with one attached hydrogen (secondary N) is 1. The van der Waals surface area contributed by atoms with E-state index >= 15 is 0 Å². The zero-order valence-corrected chi connectivity index (χ0v) is 19.8. The van der Waals surface area contributed by atoms with E-state index in [1.54, 1.807) is 25.4 Å². The smallest absolute Gasteiger partial charge is 0.281 e. The Labute approximate surface area is 203 Å². The van der Waals surface area contributed by atoms with Crippen LogP contribution in [0.3, 0.4) is 0 Å². The number of piperidine rings is 1. The zero-order chi connectivity index (χ0) is 24.2. The van der Waals surface area contributed by atoms with Gasteiger partial charge in [0.15, 0.2) is 11.5 Å². The molecule has 0 aliphatic carbocycles. The van der Waals surface area contributed by atoms with Crippen molar-refractivity contribution >= 4 is 22.6 Å². The van der Waals surface area contributed by atoms with E-state index in [4.69, 9.17) is 14.5 Å². The maximum Gasteiger partial charge on any atom is 0.281 e. The second-order valence-electron chi connectivity index (χ2n) is 8.82. The predicted octanol–water partition coefficient (Wildman–Crippen LogP) is 1.83. The van der Waals surface area contributed by atoms with Gasteiger partial charge >= 0.3 is 0 Å². The molecule has 3 aromatic rings. The van der Waals surface area contributed by atoms with E-state index in [1.165, 1.54) is 25.5 Å². The highest BCUT2D eigenvalue weighted by Crippen LogP contribution is 2.37. The number of nitrogens with zero attached hydrogens (tertiary/aromatic N) is 5. The number of ether oxygens (including phenoxy) is 2. The number of aliphatic hydroxyl groups excluding tert-OH is 1. The summed E-state index contributed by atoms with van der Waals surface area (Å²) in [4.78, 5) is 28.0. The number of methoxy groups -OCH3 is 1. The fourth-order valence-electron chi connectivity index (χ4n) is 4.67. The van der Waals surface area contributed by atoms with Crippen LogP contribution >= 0.6 is 0 Å². The van der Waals surface area contributed by atoms with Crippen molar-refractivity contribution in [3.63, 3.8) is 0 Å². The molecule has 2 aromatic heterocycles. The molecular formula is C25H30N6O4. The normalized spacial score (nSPS) is 17.1. The van der Waals surface area contributed by atoms with Gasteiger partial charge in [-0.25, -0.2) is 4.98 Å². The molecule has 184 valence electrons. The highest BCUT2D eigenvalue weighted by Gasteiger charge is 2.22. The Hall–Kier alpha value is -3.50. The average Bonchev–Trinajstić information content (AvgIpc) is 3.39. The number of aromatic nitrogens is 3. The number of amides is 1. The van der Waals surface area contributed by atoms with E-state index in [0.29, 0.717) is 42.2 Å². The maximum atomic E-state index is 12.7. The third-order valence-corrected chi connectivity index (χ3v) is 6.36. The first kappa shape index (κ1) is 23.3. The first-order valence-electron chi connectivity index (χ1n) is 12.0. The van der Waals surface area contributed by atoms with Crippen molar-refractivity contribution in [1.29, 1.82) is 0 Å². The third kappa shape index (κ3) is 4.98. The molecule has 0 unspecified atom stereocenters. The number of fused-ring (bicyclic) bond motifs is 3. The second kappa shape index (κ2) is 10.4. The minimum absolute atomic E-state index is 0.146. The van der Waals surface area contributed by atoms with Crippen LogP contribution in [-0.4, -0.2) is 76.4 Å². The molecule has 0 radical (unpaired) electrons. The van der Waals surface area contributed by atoms with E-state index in [9.17, 15) is 9.90 Å². The van der Waals surface area contributed by atoms with Crippen LogP contribution in [0.15, 0.2) is 41.7 Å². The Bertz CT molecular complexity index is 1270. The van der Waals surface area contributed by atoms with Crippen LogP contribution in [-0.2, 0) is 6.54 Å². The molecule has 1 atom stereocenters. The van der Waals surface area contributed by atoms with Crippen LogP contribution in [0.5, 0.6) is 11.5 Å². The molecule has 10 heteroatoms. The first-order valence-corrected chi connectivity index (χ1v) is 12.0. The number of anilines is 1. The molecule has 1 fully saturated rings. The molecule has 2 N–H and O–H groups in total. The van der Waals surface area contributed by atoms with E-state index in [-0.39, 0.29) is 12.2 Å². The molecule has 1 amide bonds. The molecule has 0 spiro atoms. The number of aliphatic hydroxyl groups is 1. The lowest BCUT2D eigenvalue weighted by atomic mass is 10.1. The summed E-state index contributed by atoms with van der Waals surface area (Å²) in [6, 6.07) is 7.11. The SMILES string of the molecule is COc1c(OC[C@H](O)CN2CCCCC2)ccc2c3n(c(=NC(=O)c4cccnc4)nc12)CCN3. The minimum atomic E-state index is -0.610. The Morgan fingerprint density at radius 1 is 1.23 bits per heavy atom. The fourth-order valence-corrected chi connectivity index (χ4v) is 4.67. The molecule has 35 heavy (non-hydrogen) atoms. The van der Waals surface area contributed by atoms with Gasteiger partial charge in [-0.05, 0) is 50.2 Å². The Morgan fingerprint density at radius 3 is 2.86 bits per heavy atom. The van der Waals surface area contributed by atoms with Gasteiger partial charge in [0.05, 0.1) is 12.7 Å². The van der Waals surface area contributed by atoms with E-state index in [1.807, 2.05) is 16.7 Å². The second-order valence-corrected chi connectivity index (χ2v) is 8.82. The summed E-state index contributed by atoms with van der Waals surface area (Å²) in [6.07, 6.45) is 6.08. The Kier molecular flexibility index (Phi) is 6.91. The lowest BCUT2D eigenvalue weighted by Crippen LogP contribution is -2.38. The molecule has 0 bridgehead atoms. The van der Waals surface area contributed by atoms with Gasteiger partial charge in [-0.2, -0.15) is 4.99 Å². The molecule has 5 rings (SSSR count). The van der Waals surface area contributed by atoms with E-state index < -0.39 is 12.0 Å². The van der Waals surface area contributed by atoms with Gasteiger partial charge in [0.1, 0.15) is 24.0 Å². The average molecular weight is 479 g/mol. The Morgan fingerprint density at radius 2 is 2.09 bits per heavy atom. The molecule has 0 saturated carbocycles. The van der Waals surface area contributed by atoms with Crippen LogP contribution in [0, 0.1) is 0 Å². The summed E-state index contributed by atoms with van der Waals surface area (Å²) in [7, 11) is 1.55. The highest BCUT2D eigenvalue weighted by molar-refractivity contribution is 5.96. The maximum absolute atomic E-state index is 12.7. The monoisotopic (exact) mass is 478 g/mol. The lowest BCUT2D eigenvalue weighted by molar-refractivity contribution is 0.0609. The van der Waals surface area contributed by atoms with Gasteiger partial charge in [-0.15, -0.1) is 0 Å². The molecule has 4 heterocycles. The summed E-state index contributed by atoms with van der Waals surface area (Å²) in [5, 5.41) is 14.7. The molecule has 10 nitrogen and oxygen atoms in total. The summed E-state index contributed by atoms with van der Waals surface area (Å²) in [6.45, 7) is 4.10. The highest BCUT2D eigenvalue weighted by atomic mass is 16.5. The van der Waals surface area contributed by atoms with Crippen LogP contribution in [0.4, 0.5) is 5.82 Å². The number of hydrogen-bond acceptors (Lipinski definition) is 8. The largest absolute Gasteiger partial charge is 0.491 e. The van der Waals surface area contributed by atoms with Crippen molar-refractivity contribution in [3.8, 4) is 11.5 Å². The lowest BCUT2D eigenvalue weighted by Gasteiger charge is -2.28. The van der Waals surface area contributed by atoms with Gasteiger partial charge in [-0.1, -0.05) is 6.42 Å². The van der Waals surface area contributed by atoms with Crippen LogP contribution < -0.4 is 20.4 Å². The van der Waals surface area contributed by atoms with Crippen molar-refractivity contribution in [2.75, 3.05) is 45.2 Å². The number of carbonyl (C=O) groups is 1. The third-order valence-electron chi connectivity index (χ3n) is 6.36. The number of rotatable bonds is 7. The van der Waals surface area contributed by atoms with Crippen LogP contribution in [0.25, 0.3) is 10.9 Å². The molecular weight excluding hydrogens is 448 g/mol. The van der Waals surface area contributed by atoms with E-state index in [2.05, 4.69) is 20.2 Å². The first-order chi connectivity index (χ1) is 17.1. The molecule has 1 aromatic carbocycles. The summed E-state index contributed by atoms with van der Waals surface area (Å²) in [5.74, 6) is 1.33. The van der Waals surface area contributed by atoms with Crippen LogP contribution in [0.2, 0.25) is 0 Å². The van der Waals surface area contributed by atoms with Crippen molar-refractivity contribution in [3.05, 3.63) is 47.8 Å². The Balaban J connectivity index is 1.46. The molecule has 2 aliphatic rings. The van der Waals surface area contributed by atoms with Crippen molar-refractivity contribution in [2.24, 2.45) is 4.99 Å². The van der Waals surface area contributed by atoms with Gasteiger partial charge in [-0.3, -0.25) is 14.3 Å². The summed E-state index contributed by atoms with van der Waals surface area (Å²) >= 11 is 0. The van der Waals surface area contributed by atoms with Gasteiger partial charge in [0, 0.05) is 37.4 Å². The van der Waals surface area contributed by atoms with Gasteiger partial charge < -0.3 is 24.8 Å². The van der Waals surface area contributed by atoms with Gasteiger partial charge in [0.2, 0.25) is 5.62 Å². The number of carbonyl (C=O) groups excluding carboxylic acids is 1. The number of benzene rings is 1. The summed E-state index contributed by atoms with van der Waals surface area (Å²) in [5.41, 5.74) is 1.21. The predicted molar refractivity (Wildman–Crippen MR) is 131 cm³/mol. The number of pyridine rings is 1. The van der Waals surface area contributed by atoms with E-state index in [0.717, 1.165) is 24.3 Å². The fraction of sp³-hybridized carbons (Fsp3) is 0.440. The van der Waals surface area contributed by atoms with Gasteiger partial charge in [0.25, 0.3) is 5.91 Å². The topological polar surface area (TPSA) is 114 Å². The van der Waals surface area contributed by atoms with Crippen LogP contribution in [0.1, 0.15) is 29.6 Å². The number of β-amino-alcohol motifs (C(OH)–C–C–N with tert-alkyl or cyclic N) is 1.